The average Bonchev–Trinajstić information content (AvgIpc) is 2.39. The van der Waals surface area contributed by atoms with Crippen molar-refractivity contribution in [3.8, 4) is 11.8 Å². The van der Waals surface area contributed by atoms with Gasteiger partial charge in [-0.15, -0.1) is 0 Å². The van der Waals surface area contributed by atoms with Crippen molar-refractivity contribution in [2.45, 2.75) is 26.2 Å². The second kappa shape index (κ2) is 5.28. The fourth-order valence-electron chi connectivity index (χ4n) is 1.61. The Morgan fingerprint density at radius 2 is 1.65 bits per heavy atom. The number of carbonyl (C=O) groups is 1. The molecule has 0 spiro atoms. The Morgan fingerprint density at radius 1 is 1.10 bits per heavy atom. The number of rotatable bonds is 3. The van der Waals surface area contributed by atoms with Crippen molar-refractivity contribution in [3.63, 3.8) is 0 Å². The van der Waals surface area contributed by atoms with Crippen LogP contribution in [0, 0.1) is 0 Å². The van der Waals surface area contributed by atoms with Gasteiger partial charge >= 0.3 is 12.0 Å². The average molecular weight is 272 g/mol. The quantitative estimate of drug-likeness (QED) is 0.928. The molecule has 2 aromatic rings. The Bertz CT molecular complexity index is 599. The smallest absolute Gasteiger partial charge is 0.338 e. The fourth-order valence-corrected chi connectivity index (χ4v) is 1.61. The van der Waals surface area contributed by atoms with Crippen LogP contribution < -0.4 is 4.74 Å². The van der Waals surface area contributed by atoms with Gasteiger partial charge in [-0.25, -0.2) is 14.8 Å². The summed E-state index contributed by atoms with van der Waals surface area (Å²) in [7, 11) is 0. The maximum absolute atomic E-state index is 10.7. The lowest BCUT2D eigenvalue weighted by Gasteiger charge is -2.18. The molecule has 0 unspecified atom stereocenters. The van der Waals surface area contributed by atoms with Crippen molar-refractivity contribution in [2.24, 2.45) is 0 Å². The highest BCUT2D eigenvalue weighted by atomic mass is 16.5. The third-order valence-electron chi connectivity index (χ3n) is 2.80. The molecule has 1 heterocycles. The molecular formula is C15H16N2O3. The first-order chi connectivity index (χ1) is 9.36. The van der Waals surface area contributed by atoms with Gasteiger partial charge in [-0.05, 0) is 23.1 Å². The van der Waals surface area contributed by atoms with Crippen LogP contribution in [0.3, 0.4) is 0 Å². The summed E-state index contributed by atoms with van der Waals surface area (Å²) in [6.07, 6.45) is 2.43. The van der Waals surface area contributed by atoms with Crippen LogP contribution in [0.25, 0.3) is 0 Å². The standard InChI is InChI=1S/C15H16N2O3/c1-15(2,3)11-4-6-12(7-5-11)20-14-16-8-10(9-17-14)13(18)19/h4-9H,1-3H3,(H,18,19). The van der Waals surface area contributed by atoms with E-state index >= 15 is 0 Å². The lowest BCUT2D eigenvalue weighted by molar-refractivity contribution is 0.0696. The molecule has 0 aliphatic rings. The molecule has 0 amide bonds. The van der Waals surface area contributed by atoms with Crippen molar-refractivity contribution in [2.75, 3.05) is 0 Å². The second-order valence-corrected chi connectivity index (χ2v) is 5.44. The lowest BCUT2D eigenvalue weighted by Crippen LogP contribution is -2.10. The van der Waals surface area contributed by atoms with Gasteiger partial charge in [0.15, 0.2) is 0 Å². The lowest BCUT2D eigenvalue weighted by atomic mass is 9.87. The van der Waals surface area contributed by atoms with Crippen LogP contribution >= 0.6 is 0 Å². The molecule has 1 N–H and O–H groups in total. The first-order valence-electron chi connectivity index (χ1n) is 6.20. The molecule has 104 valence electrons. The van der Waals surface area contributed by atoms with Gasteiger partial charge in [0.05, 0.1) is 5.56 Å². The molecule has 2 rings (SSSR count). The molecule has 0 bridgehead atoms. The van der Waals surface area contributed by atoms with Crippen LogP contribution in [0.1, 0.15) is 36.7 Å². The van der Waals surface area contributed by atoms with Crippen LogP contribution in [-0.4, -0.2) is 21.0 Å². The molecule has 1 aromatic heterocycles. The monoisotopic (exact) mass is 272 g/mol. The maximum atomic E-state index is 10.7. The second-order valence-electron chi connectivity index (χ2n) is 5.44. The molecular weight excluding hydrogens is 256 g/mol. The summed E-state index contributed by atoms with van der Waals surface area (Å²) in [5.74, 6) is -0.452. The number of carboxylic acids is 1. The molecule has 0 saturated carbocycles. The highest BCUT2D eigenvalue weighted by Crippen LogP contribution is 2.25. The Hall–Kier alpha value is -2.43. The summed E-state index contributed by atoms with van der Waals surface area (Å²) in [6.45, 7) is 6.41. The summed E-state index contributed by atoms with van der Waals surface area (Å²) in [5, 5.41) is 8.75. The minimum Gasteiger partial charge on any atom is -0.478 e. The number of aromatic nitrogens is 2. The molecule has 0 fully saturated rings. The zero-order chi connectivity index (χ0) is 14.8. The van der Waals surface area contributed by atoms with Gasteiger partial charge in [-0.3, -0.25) is 0 Å². The number of aromatic carboxylic acids is 1. The first-order valence-corrected chi connectivity index (χ1v) is 6.20. The molecule has 0 saturated heterocycles. The van der Waals surface area contributed by atoms with E-state index in [2.05, 4.69) is 30.7 Å². The van der Waals surface area contributed by atoms with Crippen LogP contribution in [0.5, 0.6) is 11.8 Å². The Labute approximate surface area is 117 Å². The van der Waals surface area contributed by atoms with Crippen LogP contribution in [-0.2, 0) is 5.41 Å². The van der Waals surface area contributed by atoms with Crippen molar-refractivity contribution in [1.29, 1.82) is 0 Å². The molecule has 5 heteroatoms. The number of benzene rings is 1. The van der Waals surface area contributed by atoms with Crippen molar-refractivity contribution >= 4 is 5.97 Å². The first kappa shape index (κ1) is 14.0. The zero-order valence-corrected chi connectivity index (χ0v) is 11.6. The SMILES string of the molecule is CC(C)(C)c1ccc(Oc2ncc(C(=O)O)cn2)cc1. The van der Waals surface area contributed by atoms with Gasteiger partial charge < -0.3 is 9.84 Å². The Kier molecular flexibility index (Phi) is 3.70. The molecule has 0 atom stereocenters. The Balaban J connectivity index is 2.12. The van der Waals surface area contributed by atoms with E-state index in [0.29, 0.717) is 5.75 Å². The molecule has 0 aliphatic carbocycles. The normalized spacial score (nSPS) is 11.2. The summed E-state index contributed by atoms with van der Waals surface area (Å²) in [5.41, 5.74) is 1.31. The largest absolute Gasteiger partial charge is 0.478 e. The van der Waals surface area contributed by atoms with Gasteiger partial charge in [0.25, 0.3) is 0 Å². The zero-order valence-electron chi connectivity index (χ0n) is 11.6. The fraction of sp³-hybridized carbons (Fsp3) is 0.267. The van der Waals surface area contributed by atoms with Gasteiger partial charge in [-0.1, -0.05) is 32.9 Å². The van der Waals surface area contributed by atoms with E-state index in [4.69, 9.17) is 9.84 Å². The molecule has 20 heavy (non-hydrogen) atoms. The molecule has 1 aromatic carbocycles. The summed E-state index contributed by atoms with van der Waals surface area (Å²) in [4.78, 5) is 18.4. The van der Waals surface area contributed by atoms with E-state index in [0.717, 1.165) is 0 Å². The number of hydrogen-bond acceptors (Lipinski definition) is 4. The number of carboxylic acid groups (broad SMARTS) is 1. The summed E-state index contributed by atoms with van der Waals surface area (Å²) >= 11 is 0. The molecule has 0 radical (unpaired) electrons. The highest BCUT2D eigenvalue weighted by molar-refractivity contribution is 5.86. The topological polar surface area (TPSA) is 72.3 Å². The number of hydrogen-bond donors (Lipinski definition) is 1. The minimum absolute atomic E-state index is 0.0282. The van der Waals surface area contributed by atoms with Crippen molar-refractivity contribution in [3.05, 3.63) is 47.8 Å². The van der Waals surface area contributed by atoms with Gasteiger partial charge in [0.2, 0.25) is 0 Å². The van der Waals surface area contributed by atoms with E-state index in [1.165, 1.54) is 18.0 Å². The van der Waals surface area contributed by atoms with E-state index in [9.17, 15) is 4.79 Å². The molecule has 0 aliphatic heterocycles. The number of nitrogens with zero attached hydrogens (tertiary/aromatic N) is 2. The van der Waals surface area contributed by atoms with Crippen LogP contribution in [0.2, 0.25) is 0 Å². The van der Waals surface area contributed by atoms with Gasteiger partial charge in [0, 0.05) is 12.4 Å². The van der Waals surface area contributed by atoms with Gasteiger partial charge in [0.1, 0.15) is 5.75 Å². The summed E-state index contributed by atoms with van der Waals surface area (Å²) in [6, 6.07) is 7.78. The molecule has 5 nitrogen and oxygen atoms in total. The van der Waals surface area contributed by atoms with Crippen LogP contribution in [0.4, 0.5) is 0 Å². The minimum atomic E-state index is -1.06. The Morgan fingerprint density at radius 3 is 2.10 bits per heavy atom. The van der Waals surface area contributed by atoms with E-state index in [1.807, 2.05) is 24.3 Å². The van der Waals surface area contributed by atoms with E-state index < -0.39 is 5.97 Å². The predicted molar refractivity (Wildman–Crippen MR) is 74.2 cm³/mol. The third-order valence-corrected chi connectivity index (χ3v) is 2.80. The number of ether oxygens (including phenoxy) is 1. The third kappa shape index (κ3) is 3.32. The van der Waals surface area contributed by atoms with Crippen LogP contribution in [0.15, 0.2) is 36.7 Å². The van der Waals surface area contributed by atoms with Crippen molar-refractivity contribution in [1.82, 2.24) is 9.97 Å². The highest BCUT2D eigenvalue weighted by Gasteiger charge is 2.13. The van der Waals surface area contributed by atoms with E-state index in [-0.39, 0.29) is 17.0 Å². The van der Waals surface area contributed by atoms with Crippen molar-refractivity contribution < 1.29 is 14.6 Å². The van der Waals surface area contributed by atoms with E-state index in [1.54, 1.807) is 0 Å². The van der Waals surface area contributed by atoms with Gasteiger partial charge in [-0.2, -0.15) is 0 Å². The maximum Gasteiger partial charge on any atom is 0.338 e. The predicted octanol–water partition coefficient (Wildman–Crippen LogP) is 3.26. The summed E-state index contributed by atoms with van der Waals surface area (Å²) < 4.78 is 5.47.